The molecule has 0 radical (unpaired) electrons. The lowest BCUT2D eigenvalue weighted by atomic mass is 10.2. The summed E-state index contributed by atoms with van der Waals surface area (Å²) >= 11 is 0. The minimum absolute atomic E-state index is 0.147. The van der Waals surface area contributed by atoms with Crippen molar-refractivity contribution in [1.82, 2.24) is 25.3 Å². The highest BCUT2D eigenvalue weighted by molar-refractivity contribution is 5.74. The van der Waals surface area contributed by atoms with E-state index in [-0.39, 0.29) is 18.3 Å². The second-order valence-corrected chi connectivity index (χ2v) is 6.70. The van der Waals surface area contributed by atoms with Gasteiger partial charge in [-0.3, -0.25) is 4.90 Å². The largest absolute Gasteiger partial charge is 0.491 e. The number of hydrogen-bond acceptors (Lipinski definition) is 6. The van der Waals surface area contributed by atoms with Gasteiger partial charge in [0.05, 0.1) is 13.2 Å². The third-order valence-corrected chi connectivity index (χ3v) is 4.55. The molecule has 28 heavy (non-hydrogen) atoms. The molecule has 1 saturated heterocycles. The van der Waals surface area contributed by atoms with E-state index in [2.05, 4.69) is 20.4 Å². The predicted octanol–water partition coefficient (Wildman–Crippen LogP) is 2.33. The summed E-state index contributed by atoms with van der Waals surface area (Å²) in [5.41, 5.74) is 0.693. The molecule has 3 rings (SSSR count). The molecule has 1 aromatic carbocycles. The third-order valence-electron chi connectivity index (χ3n) is 4.55. The predicted molar refractivity (Wildman–Crippen MR) is 100 cm³/mol. The Labute approximate surface area is 163 Å². The van der Waals surface area contributed by atoms with Gasteiger partial charge in [0.2, 0.25) is 5.89 Å². The number of ether oxygens (including phenoxy) is 1. The van der Waals surface area contributed by atoms with Gasteiger partial charge < -0.3 is 19.5 Å². The van der Waals surface area contributed by atoms with Gasteiger partial charge in [-0.15, -0.1) is 0 Å². The van der Waals surface area contributed by atoms with Crippen LogP contribution in [0.5, 0.6) is 5.75 Å². The molecule has 2 heterocycles. The Balaban J connectivity index is 1.47. The maximum Gasteiger partial charge on any atom is 0.317 e. The zero-order valence-corrected chi connectivity index (χ0v) is 16.3. The summed E-state index contributed by atoms with van der Waals surface area (Å²) in [7, 11) is 0. The number of carbonyl (C=O) groups is 1. The number of nitrogens with one attached hydrogen (secondary N) is 1. The van der Waals surface area contributed by atoms with Gasteiger partial charge in [0.25, 0.3) is 0 Å². The lowest BCUT2D eigenvalue weighted by Gasteiger charge is -2.21. The molecular weight excluding hydrogens is 365 g/mol. The number of urea groups is 1. The summed E-state index contributed by atoms with van der Waals surface area (Å²) in [6.45, 7) is 7.74. The van der Waals surface area contributed by atoms with Crippen molar-refractivity contribution < 1.29 is 18.4 Å². The summed E-state index contributed by atoms with van der Waals surface area (Å²) in [5, 5.41) is 6.79. The molecule has 152 valence electrons. The van der Waals surface area contributed by atoms with Crippen molar-refractivity contribution >= 4 is 6.03 Å². The molecule has 0 saturated carbocycles. The van der Waals surface area contributed by atoms with Crippen LogP contribution in [0.1, 0.15) is 30.6 Å². The van der Waals surface area contributed by atoms with Gasteiger partial charge >= 0.3 is 6.03 Å². The molecule has 0 atom stereocenters. The average Bonchev–Trinajstić information content (AvgIpc) is 2.94. The Morgan fingerprint density at radius 3 is 2.89 bits per heavy atom. The first-order valence-corrected chi connectivity index (χ1v) is 9.50. The number of hydrogen-bond donors (Lipinski definition) is 1. The van der Waals surface area contributed by atoms with Crippen LogP contribution >= 0.6 is 0 Å². The average molecular weight is 391 g/mol. The fourth-order valence-corrected chi connectivity index (χ4v) is 3.15. The van der Waals surface area contributed by atoms with Gasteiger partial charge in [-0.05, 0) is 31.0 Å². The summed E-state index contributed by atoms with van der Waals surface area (Å²) in [6.07, 6.45) is 0.863. The SMILES string of the molecule is CCOc1ccc(CNC(=O)N2CCCN(Cc3noc(C)n3)CC2)cc1F. The van der Waals surface area contributed by atoms with Crippen LogP contribution in [0.2, 0.25) is 0 Å². The molecule has 0 spiro atoms. The van der Waals surface area contributed by atoms with Crippen molar-refractivity contribution in [1.29, 1.82) is 0 Å². The van der Waals surface area contributed by atoms with E-state index < -0.39 is 5.82 Å². The van der Waals surface area contributed by atoms with E-state index in [1.165, 1.54) is 6.07 Å². The highest BCUT2D eigenvalue weighted by Gasteiger charge is 2.20. The molecule has 1 aliphatic rings. The summed E-state index contributed by atoms with van der Waals surface area (Å²) in [4.78, 5) is 20.7. The van der Waals surface area contributed by atoms with Crippen molar-refractivity contribution in [3.63, 3.8) is 0 Å². The van der Waals surface area contributed by atoms with Crippen molar-refractivity contribution in [2.45, 2.75) is 33.4 Å². The normalized spacial score (nSPS) is 15.3. The second-order valence-electron chi connectivity index (χ2n) is 6.70. The molecule has 0 aliphatic carbocycles. The number of nitrogens with zero attached hydrogens (tertiary/aromatic N) is 4. The quantitative estimate of drug-likeness (QED) is 0.814. The number of amides is 2. The Morgan fingerprint density at radius 1 is 1.32 bits per heavy atom. The van der Waals surface area contributed by atoms with E-state index in [0.29, 0.717) is 43.5 Å². The maximum atomic E-state index is 13.9. The Kier molecular flexibility index (Phi) is 6.80. The van der Waals surface area contributed by atoms with Crippen LogP contribution in [-0.4, -0.2) is 58.8 Å². The molecular formula is C19H26FN5O3. The van der Waals surface area contributed by atoms with Crippen molar-refractivity contribution in [2.24, 2.45) is 0 Å². The third kappa shape index (κ3) is 5.41. The standard InChI is InChI=1S/C19H26FN5O3/c1-3-27-17-6-5-15(11-16(17)20)12-21-19(26)25-8-4-7-24(9-10-25)13-18-22-14(2)28-23-18/h5-6,11H,3-4,7-10,12-13H2,1-2H3,(H,21,26). The van der Waals surface area contributed by atoms with Crippen LogP contribution in [-0.2, 0) is 13.1 Å². The zero-order chi connectivity index (χ0) is 19.9. The Hall–Kier alpha value is -2.68. The Bertz CT molecular complexity index is 798. The molecule has 0 unspecified atom stereocenters. The minimum atomic E-state index is -0.421. The molecule has 0 bridgehead atoms. The molecule has 1 aliphatic heterocycles. The first-order chi connectivity index (χ1) is 13.5. The lowest BCUT2D eigenvalue weighted by Crippen LogP contribution is -2.41. The van der Waals surface area contributed by atoms with Crippen molar-refractivity contribution in [3.05, 3.63) is 41.3 Å². The molecule has 2 aromatic rings. The Morgan fingerprint density at radius 2 is 2.18 bits per heavy atom. The number of aromatic nitrogens is 2. The molecule has 1 aromatic heterocycles. The highest BCUT2D eigenvalue weighted by Crippen LogP contribution is 2.18. The summed E-state index contributed by atoms with van der Waals surface area (Å²) < 4.78 is 24.1. The van der Waals surface area contributed by atoms with Gasteiger partial charge in [0.15, 0.2) is 17.4 Å². The van der Waals surface area contributed by atoms with Crippen molar-refractivity contribution in [2.75, 3.05) is 32.8 Å². The van der Waals surface area contributed by atoms with E-state index in [1.807, 2.05) is 0 Å². The van der Waals surface area contributed by atoms with Gasteiger partial charge in [0.1, 0.15) is 0 Å². The second kappa shape index (κ2) is 9.50. The van der Waals surface area contributed by atoms with Crippen molar-refractivity contribution in [3.8, 4) is 5.75 Å². The first-order valence-electron chi connectivity index (χ1n) is 9.50. The molecule has 2 amide bonds. The number of aryl methyl sites for hydroxylation is 1. The minimum Gasteiger partial charge on any atom is -0.491 e. The first kappa shape index (κ1) is 20.1. The summed E-state index contributed by atoms with van der Waals surface area (Å²) in [6, 6.07) is 4.59. The van der Waals surface area contributed by atoms with Gasteiger partial charge in [0, 0.05) is 39.6 Å². The van der Waals surface area contributed by atoms with Crippen LogP contribution < -0.4 is 10.1 Å². The number of benzene rings is 1. The monoisotopic (exact) mass is 391 g/mol. The van der Waals surface area contributed by atoms with E-state index in [1.54, 1.807) is 30.9 Å². The van der Waals surface area contributed by atoms with E-state index in [9.17, 15) is 9.18 Å². The molecule has 9 heteroatoms. The van der Waals surface area contributed by atoms with E-state index in [4.69, 9.17) is 9.26 Å². The zero-order valence-electron chi connectivity index (χ0n) is 16.3. The highest BCUT2D eigenvalue weighted by atomic mass is 19.1. The fourth-order valence-electron chi connectivity index (χ4n) is 3.15. The van der Waals surface area contributed by atoms with E-state index in [0.717, 1.165) is 19.5 Å². The van der Waals surface area contributed by atoms with E-state index >= 15 is 0 Å². The van der Waals surface area contributed by atoms with Crippen LogP contribution in [0, 0.1) is 12.7 Å². The molecule has 1 fully saturated rings. The lowest BCUT2D eigenvalue weighted by molar-refractivity contribution is 0.196. The van der Waals surface area contributed by atoms with Crippen LogP contribution in [0.3, 0.4) is 0 Å². The smallest absolute Gasteiger partial charge is 0.317 e. The fraction of sp³-hybridized carbons (Fsp3) is 0.526. The molecule has 1 N–H and O–H groups in total. The van der Waals surface area contributed by atoms with Gasteiger partial charge in [-0.2, -0.15) is 4.98 Å². The van der Waals surface area contributed by atoms with Crippen LogP contribution in [0.25, 0.3) is 0 Å². The maximum absolute atomic E-state index is 13.9. The number of rotatable bonds is 6. The summed E-state index contributed by atoms with van der Waals surface area (Å²) in [5.74, 6) is 1.02. The molecule has 8 nitrogen and oxygen atoms in total. The number of halogens is 1. The van der Waals surface area contributed by atoms with Crippen LogP contribution in [0.4, 0.5) is 9.18 Å². The topological polar surface area (TPSA) is 83.7 Å². The van der Waals surface area contributed by atoms with Gasteiger partial charge in [-0.25, -0.2) is 9.18 Å². The number of carbonyl (C=O) groups excluding carboxylic acids is 1. The van der Waals surface area contributed by atoms with Crippen LogP contribution in [0.15, 0.2) is 22.7 Å². The van der Waals surface area contributed by atoms with Gasteiger partial charge in [-0.1, -0.05) is 11.2 Å².